The number of hydrogen-bond acceptors (Lipinski definition) is 7. The van der Waals surface area contributed by atoms with Crippen LogP contribution in [0.5, 0.6) is 0 Å². The zero-order valence-corrected chi connectivity index (χ0v) is 27.8. The molecule has 1 saturated heterocycles. The van der Waals surface area contributed by atoms with E-state index in [1.165, 1.54) is 0 Å². The Morgan fingerprint density at radius 2 is 1.67 bits per heavy atom. The summed E-state index contributed by atoms with van der Waals surface area (Å²) in [5.74, 6) is -0.867. The van der Waals surface area contributed by atoms with Gasteiger partial charge in [-0.15, -0.1) is 5.10 Å². The van der Waals surface area contributed by atoms with Crippen molar-refractivity contribution in [3.05, 3.63) is 114 Å². The van der Waals surface area contributed by atoms with Gasteiger partial charge in [0.1, 0.15) is 0 Å². The van der Waals surface area contributed by atoms with Gasteiger partial charge in [-0.3, -0.25) is 19.2 Å². The first kappa shape index (κ1) is 31.4. The van der Waals surface area contributed by atoms with Crippen LogP contribution in [0.25, 0.3) is 10.8 Å². The van der Waals surface area contributed by atoms with Crippen LogP contribution in [0.15, 0.2) is 91.1 Å². The van der Waals surface area contributed by atoms with E-state index in [1.807, 2.05) is 98.0 Å². The summed E-state index contributed by atoms with van der Waals surface area (Å²) in [6.45, 7) is 6.39. The standard InChI is InChI=1S/C39H39N5O5/c1-24-35(38(2,3)48)33(18-20-42-23-27(19-21-45)40-41-42)49-39(24)30-11-4-5-12-31(30)43(37(39)47)22-25-14-16-28(17-15-25)44-32-13-7-9-26-8-6-10-29(34(26)32)36(44)46/h4-17,23-24,33,35,45,48H,18-22H2,1-3H3/t24-,33+,35-,39+/m1/s1. The van der Waals surface area contributed by atoms with Crippen molar-refractivity contribution in [2.45, 2.75) is 64.0 Å². The van der Waals surface area contributed by atoms with Gasteiger partial charge in [-0.2, -0.15) is 0 Å². The summed E-state index contributed by atoms with van der Waals surface area (Å²) in [6, 6.07) is 27.4. The molecule has 0 saturated carbocycles. The number of aliphatic hydroxyl groups is 2. The Hall–Kier alpha value is -4.90. The van der Waals surface area contributed by atoms with Gasteiger partial charge in [0.05, 0.1) is 40.9 Å². The number of aromatic nitrogens is 3. The Morgan fingerprint density at radius 1 is 0.939 bits per heavy atom. The smallest absolute Gasteiger partial charge is 0.264 e. The molecule has 0 radical (unpaired) electrons. The summed E-state index contributed by atoms with van der Waals surface area (Å²) >= 11 is 0. The molecule has 2 amide bonds. The van der Waals surface area contributed by atoms with E-state index in [9.17, 15) is 19.8 Å². The van der Waals surface area contributed by atoms with Crippen molar-refractivity contribution in [2.75, 3.05) is 16.4 Å². The lowest BCUT2D eigenvalue weighted by atomic mass is 9.71. The van der Waals surface area contributed by atoms with E-state index in [0.717, 1.165) is 39.0 Å². The second-order valence-corrected chi connectivity index (χ2v) is 14.0. The molecular formula is C39H39N5O5. The fourth-order valence-corrected chi connectivity index (χ4v) is 8.50. The molecule has 3 aliphatic heterocycles. The van der Waals surface area contributed by atoms with Crippen LogP contribution >= 0.6 is 0 Å². The Labute approximate surface area is 284 Å². The second-order valence-electron chi connectivity index (χ2n) is 14.0. The van der Waals surface area contributed by atoms with Crippen LogP contribution in [0.2, 0.25) is 0 Å². The molecule has 0 aliphatic carbocycles. The quantitative estimate of drug-likeness (QED) is 0.214. The van der Waals surface area contributed by atoms with Gasteiger partial charge in [-0.05, 0) is 61.5 Å². The zero-order chi connectivity index (χ0) is 34.1. The molecule has 10 nitrogen and oxygen atoms in total. The van der Waals surface area contributed by atoms with Crippen LogP contribution in [0.4, 0.5) is 17.1 Å². The number of rotatable bonds is 9. The Bertz CT molecular complexity index is 2080. The first-order valence-electron chi connectivity index (χ1n) is 16.9. The number of carbonyl (C=O) groups excluding carboxylic acids is 2. The number of aryl methyl sites for hydroxylation is 1. The normalized spacial score (nSPS) is 23.0. The number of nitrogens with zero attached hydrogens (tertiary/aromatic N) is 5. The molecule has 1 fully saturated rings. The van der Waals surface area contributed by atoms with Crippen LogP contribution in [-0.4, -0.2) is 55.3 Å². The third kappa shape index (κ3) is 4.88. The van der Waals surface area contributed by atoms with E-state index in [-0.39, 0.29) is 30.3 Å². The molecule has 4 heterocycles. The average Bonchev–Trinajstić information content (AvgIpc) is 3.81. The van der Waals surface area contributed by atoms with Gasteiger partial charge >= 0.3 is 0 Å². The van der Waals surface area contributed by atoms with Crippen molar-refractivity contribution in [1.82, 2.24) is 15.0 Å². The fraction of sp³-hybridized carbons (Fsp3) is 0.333. The molecule has 49 heavy (non-hydrogen) atoms. The SMILES string of the molecule is C[C@@H]1[C@@H](C(C)(C)O)[C@H](CCn2cc(CCO)nn2)O[C@@]12C(=O)N(Cc1ccc(N3C(=O)c4cccc5cccc3c45)cc1)c1ccccc12. The average molecular weight is 658 g/mol. The Morgan fingerprint density at radius 3 is 2.43 bits per heavy atom. The van der Waals surface area contributed by atoms with Gasteiger partial charge in [0.2, 0.25) is 0 Å². The maximum Gasteiger partial charge on any atom is 0.264 e. The van der Waals surface area contributed by atoms with Crippen molar-refractivity contribution in [3.63, 3.8) is 0 Å². The van der Waals surface area contributed by atoms with Gasteiger partial charge in [-0.1, -0.05) is 66.7 Å². The third-order valence-electron chi connectivity index (χ3n) is 10.6. The number of hydrogen-bond donors (Lipinski definition) is 2. The lowest BCUT2D eigenvalue weighted by Crippen LogP contribution is -2.46. The minimum atomic E-state index is -1.26. The summed E-state index contributed by atoms with van der Waals surface area (Å²) in [7, 11) is 0. The second kappa shape index (κ2) is 11.6. The largest absolute Gasteiger partial charge is 0.396 e. The van der Waals surface area contributed by atoms with Crippen LogP contribution in [0, 0.1) is 11.8 Å². The molecule has 4 atom stereocenters. The van der Waals surface area contributed by atoms with Gasteiger partial charge in [0, 0.05) is 54.2 Å². The lowest BCUT2D eigenvalue weighted by Gasteiger charge is -2.34. The molecule has 1 aromatic heterocycles. The molecule has 0 bridgehead atoms. The number of benzene rings is 4. The minimum Gasteiger partial charge on any atom is -0.396 e. The molecular weight excluding hydrogens is 618 g/mol. The van der Waals surface area contributed by atoms with Gasteiger partial charge in [-0.25, -0.2) is 0 Å². The topological polar surface area (TPSA) is 121 Å². The first-order valence-corrected chi connectivity index (χ1v) is 16.9. The molecule has 2 N–H and O–H groups in total. The molecule has 10 heteroatoms. The minimum absolute atomic E-state index is 0.00281. The predicted molar refractivity (Wildman–Crippen MR) is 185 cm³/mol. The third-order valence-corrected chi connectivity index (χ3v) is 10.6. The van der Waals surface area contributed by atoms with Crippen LogP contribution in [0.1, 0.15) is 54.4 Å². The summed E-state index contributed by atoms with van der Waals surface area (Å²) in [5.41, 5.74) is 3.17. The fourth-order valence-electron chi connectivity index (χ4n) is 8.50. The molecule has 3 aliphatic rings. The van der Waals surface area contributed by atoms with E-state index in [0.29, 0.717) is 37.2 Å². The number of amides is 2. The summed E-state index contributed by atoms with van der Waals surface area (Å²) in [5, 5.41) is 31.0. The van der Waals surface area contributed by atoms with E-state index in [2.05, 4.69) is 10.3 Å². The molecule has 250 valence electrons. The first-order chi connectivity index (χ1) is 23.6. The van der Waals surface area contributed by atoms with Crippen molar-refractivity contribution >= 4 is 39.6 Å². The van der Waals surface area contributed by atoms with E-state index in [1.54, 1.807) is 28.3 Å². The molecule has 5 aromatic rings. The highest BCUT2D eigenvalue weighted by molar-refractivity contribution is 6.27. The highest BCUT2D eigenvalue weighted by Crippen LogP contribution is 2.58. The highest BCUT2D eigenvalue weighted by Gasteiger charge is 2.65. The molecule has 8 rings (SSSR count). The van der Waals surface area contributed by atoms with Crippen molar-refractivity contribution < 1.29 is 24.5 Å². The van der Waals surface area contributed by atoms with E-state index >= 15 is 0 Å². The predicted octanol–water partition coefficient (Wildman–Crippen LogP) is 5.51. The zero-order valence-electron chi connectivity index (χ0n) is 27.8. The number of anilines is 3. The van der Waals surface area contributed by atoms with Crippen LogP contribution in [-0.2, 0) is 34.6 Å². The van der Waals surface area contributed by atoms with Crippen molar-refractivity contribution in [1.29, 1.82) is 0 Å². The van der Waals surface area contributed by atoms with Gasteiger partial charge in [0.15, 0.2) is 5.60 Å². The van der Waals surface area contributed by atoms with Crippen LogP contribution < -0.4 is 9.80 Å². The van der Waals surface area contributed by atoms with Gasteiger partial charge in [0.25, 0.3) is 11.8 Å². The van der Waals surface area contributed by atoms with Gasteiger partial charge < -0.3 is 19.8 Å². The summed E-state index contributed by atoms with van der Waals surface area (Å²) in [6.07, 6.45) is 2.33. The Kier molecular flexibility index (Phi) is 7.44. The maximum absolute atomic E-state index is 14.7. The lowest BCUT2D eigenvalue weighted by molar-refractivity contribution is -0.146. The number of ether oxygens (including phenoxy) is 1. The molecule has 4 aromatic carbocycles. The monoisotopic (exact) mass is 657 g/mol. The van der Waals surface area contributed by atoms with Crippen molar-refractivity contribution in [3.8, 4) is 0 Å². The number of para-hydroxylation sites is 1. The molecule has 1 spiro atoms. The number of fused-ring (bicyclic) bond motifs is 2. The summed E-state index contributed by atoms with van der Waals surface area (Å²) in [4.78, 5) is 31.8. The van der Waals surface area contributed by atoms with E-state index in [4.69, 9.17) is 4.74 Å². The maximum atomic E-state index is 14.7. The summed E-state index contributed by atoms with van der Waals surface area (Å²) < 4.78 is 8.63. The number of carbonyl (C=O) groups is 2. The van der Waals surface area contributed by atoms with Crippen LogP contribution in [0.3, 0.4) is 0 Å². The molecule has 0 unspecified atom stereocenters. The van der Waals surface area contributed by atoms with E-state index < -0.39 is 17.3 Å². The number of aliphatic hydroxyl groups excluding tert-OH is 1. The highest BCUT2D eigenvalue weighted by atomic mass is 16.5. The Balaban J connectivity index is 1.07. The van der Waals surface area contributed by atoms with Crippen molar-refractivity contribution in [2.24, 2.45) is 11.8 Å².